The number of hydrogen-bond donors (Lipinski definition) is 2. The molecule has 4 rings (SSSR count). The smallest absolute Gasteiger partial charge is 0.406 e. The van der Waals surface area contributed by atoms with Gasteiger partial charge in [0.1, 0.15) is 5.75 Å². The Labute approximate surface area is 174 Å². The highest BCUT2D eigenvalue weighted by Gasteiger charge is 2.32. The SMILES string of the molecule is N=C(c1ccc2cc(OC(F)(F)F)ccc2c1)C1CCCN(C2CCC(O)CC2)C1. The molecule has 0 spiro atoms. The van der Waals surface area contributed by atoms with Crippen LogP contribution < -0.4 is 4.74 Å². The van der Waals surface area contributed by atoms with Gasteiger partial charge in [-0.05, 0) is 79.6 Å². The first-order valence-electron chi connectivity index (χ1n) is 10.6. The zero-order valence-electron chi connectivity index (χ0n) is 16.8. The highest BCUT2D eigenvalue weighted by Crippen LogP contribution is 2.31. The molecule has 0 aromatic heterocycles. The Bertz CT molecular complexity index is 907. The van der Waals surface area contributed by atoms with E-state index in [9.17, 15) is 18.3 Å². The molecule has 0 amide bonds. The number of piperidine rings is 1. The molecule has 7 heteroatoms. The fourth-order valence-corrected chi connectivity index (χ4v) is 4.82. The number of alkyl halides is 3. The molecule has 2 aromatic rings. The molecule has 1 aliphatic heterocycles. The van der Waals surface area contributed by atoms with Crippen molar-refractivity contribution in [2.24, 2.45) is 5.92 Å². The zero-order chi connectivity index (χ0) is 21.3. The van der Waals surface area contributed by atoms with Crippen molar-refractivity contribution in [2.45, 2.75) is 57.0 Å². The highest BCUT2D eigenvalue weighted by molar-refractivity contribution is 6.03. The molecule has 162 valence electrons. The van der Waals surface area contributed by atoms with Crippen LogP contribution in [0.5, 0.6) is 5.75 Å². The van der Waals surface area contributed by atoms with Crippen LogP contribution in [0.25, 0.3) is 10.8 Å². The summed E-state index contributed by atoms with van der Waals surface area (Å²) in [5.41, 5.74) is 1.41. The van der Waals surface area contributed by atoms with Gasteiger partial charge in [-0.15, -0.1) is 13.2 Å². The molecule has 1 aliphatic carbocycles. The van der Waals surface area contributed by atoms with E-state index in [0.29, 0.717) is 17.1 Å². The summed E-state index contributed by atoms with van der Waals surface area (Å²) < 4.78 is 41.3. The number of nitrogens with zero attached hydrogens (tertiary/aromatic N) is 1. The first kappa shape index (κ1) is 21.1. The Morgan fingerprint density at radius 2 is 1.70 bits per heavy atom. The lowest BCUT2D eigenvalue weighted by Gasteiger charge is -2.41. The molecular formula is C23H27F3N2O2. The lowest BCUT2D eigenvalue weighted by Crippen LogP contribution is -2.46. The van der Waals surface area contributed by atoms with Gasteiger partial charge >= 0.3 is 6.36 Å². The number of ether oxygens (including phenoxy) is 1. The van der Waals surface area contributed by atoms with E-state index in [0.717, 1.165) is 62.6 Å². The van der Waals surface area contributed by atoms with Crippen molar-refractivity contribution in [3.05, 3.63) is 42.0 Å². The monoisotopic (exact) mass is 420 g/mol. The molecule has 1 heterocycles. The quantitative estimate of drug-likeness (QED) is 0.675. The Kier molecular flexibility index (Phi) is 6.02. The Morgan fingerprint density at radius 1 is 1.00 bits per heavy atom. The summed E-state index contributed by atoms with van der Waals surface area (Å²) in [5, 5.41) is 20.0. The number of benzene rings is 2. The van der Waals surface area contributed by atoms with Crippen molar-refractivity contribution in [3.63, 3.8) is 0 Å². The second kappa shape index (κ2) is 8.55. The van der Waals surface area contributed by atoms with Gasteiger partial charge in [0.05, 0.1) is 6.10 Å². The number of halogens is 3. The summed E-state index contributed by atoms with van der Waals surface area (Å²) in [7, 11) is 0. The maximum absolute atomic E-state index is 12.4. The predicted molar refractivity (Wildman–Crippen MR) is 110 cm³/mol. The number of aliphatic hydroxyl groups is 1. The van der Waals surface area contributed by atoms with E-state index in [1.54, 1.807) is 12.1 Å². The van der Waals surface area contributed by atoms with E-state index in [-0.39, 0.29) is 17.8 Å². The van der Waals surface area contributed by atoms with Crippen LogP contribution in [0.15, 0.2) is 36.4 Å². The number of nitrogens with one attached hydrogen (secondary N) is 1. The van der Waals surface area contributed by atoms with Crippen molar-refractivity contribution < 1.29 is 23.0 Å². The Morgan fingerprint density at radius 3 is 2.43 bits per heavy atom. The molecule has 1 atom stereocenters. The minimum Gasteiger partial charge on any atom is -0.406 e. The lowest BCUT2D eigenvalue weighted by atomic mass is 9.85. The standard InChI is InChI=1S/C23H27F3N2O2/c24-23(25,26)30-21-10-5-15-12-17(4-3-16(15)13-21)22(27)18-2-1-11-28(14-18)19-6-8-20(29)9-7-19/h3-5,10,12-13,18-20,27,29H,1-2,6-9,11,14H2. The fourth-order valence-electron chi connectivity index (χ4n) is 4.82. The van der Waals surface area contributed by atoms with Crippen LogP contribution in [0, 0.1) is 11.3 Å². The number of likely N-dealkylation sites (tertiary alicyclic amines) is 1. The van der Waals surface area contributed by atoms with Gasteiger partial charge in [0.2, 0.25) is 0 Å². The summed E-state index contributed by atoms with van der Waals surface area (Å²) in [6, 6.07) is 10.2. The molecule has 0 bridgehead atoms. The molecule has 30 heavy (non-hydrogen) atoms. The molecule has 0 radical (unpaired) electrons. The molecule has 2 aromatic carbocycles. The van der Waals surface area contributed by atoms with E-state index >= 15 is 0 Å². The van der Waals surface area contributed by atoms with E-state index < -0.39 is 6.36 Å². The maximum Gasteiger partial charge on any atom is 0.573 e. The third kappa shape index (κ3) is 4.95. The van der Waals surface area contributed by atoms with Gasteiger partial charge in [-0.3, -0.25) is 4.90 Å². The first-order valence-corrected chi connectivity index (χ1v) is 10.6. The fraction of sp³-hybridized carbons (Fsp3) is 0.522. The Balaban J connectivity index is 1.46. The zero-order valence-corrected chi connectivity index (χ0v) is 16.8. The number of fused-ring (bicyclic) bond motifs is 1. The van der Waals surface area contributed by atoms with Crippen molar-refractivity contribution in [2.75, 3.05) is 13.1 Å². The number of rotatable bonds is 4. The molecular weight excluding hydrogens is 393 g/mol. The van der Waals surface area contributed by atoms with Crippen LogP contribution in [-0.4, -0.2) is 47.3 Å². The third-order valence-electron chi connectivity index (χ3n) is 6.40. The van der Waals surface area contributed by atoms with Gasteiger partial charge in [-0.1, -0.05) is 18.2 Å². The van der Waals surface area contributed by atoms with Gasteiger partial charge in [-0.2, -0.15) is 0 Å². The summed E-state index contributed by atoms with van der Waals surface area (Å²) in [6.45, 7) is 1.90. The average Bonchev–Trinajstić information content (AvgIpc) is 2.72. The summed E-state index contributed by atoms with van der Waals surface area (Å²) in [5.74, 6) is -0.0887. The minimum absolute atomic E-state index is 0.149. The van der Waals surface area contributed by atoms with Gasteiger partial charge in [0, 0.05) is 24.2 Å². The van der Waals surface area contributed by atoms with Crippen molar-refractivity contribution >= 4 is 16.5 Å². The van der Waals surface area contributed by atoms with Gasteiger partial charge in [-0.25, -0.2) is 0 Å². The van der Waals surface area contributed by atoms with Crippen molar-refractivity contribution in [1.29, 1.82) is 5.41 Å². The van der Waals surface area contributed by atoms with Crippen molar-refractivity contribution in [1.82, 2.24) is 4.90 Å². The van der Waals surface area contributed by atoms with Crippen LogP contribution in [-0.2, 0) is 0 Å². The molecule has 2 N–H and O–H groups in total. The molecule has 4 nitrogen and oxygen atoms in total. The van der Waals surface area contributed by atoms with E-state index in [1.165, 1.54) is 12.1 Å². The normalized spacial score (nSPS) is 25.9. The molecule has 2 aliphatic rings. The van der Waals surface area contributed by atoms with Crippen LogP contribution in [0.2, 0.25) is 0 Å². The second-order valence-electron chi connectivity index (χ2n) is 8.48. The van der Waals surface area contributed by atoms with Crippen molar-refractivity contribution in [3.8, 4) is 5.75 Å². The number of hydrogen-bond acceptors (Lipinski definition) is 4. The second-order valence-corrected chi connectivity index (χ2v) is 8.48. The minimum atomic E-state index is -4.71. The van der Waals surface area contributed by atoms with E-state index in [2.05, 4.69) is 9.64 Å². The van der Waals surface area contributed by atoms with Gasteiger partial charge < -0.3 is 15.3 Å². The summed E-state index contributed by atoms with van der Waals surface area (Å²) in [6.07, 6.45) is 0.888. The predicted octanol–water partition coefficient (Wildman–Crippen LogP) is 5.12. The number of aliphatic hydroxyl groups excluding tert-OH is 1. The van der Waals surface area contributed by atoms with Crippen LogP contribution in [0.1, 0.15) is 44.1 Å². The van der Waals surface area contributed by atoms with Gasteiger partial charge in [0.25, 0.3) is 0 Å². The molecule has 2 fully saturated rings. The maximum atomic E-state index is 12.4. The van der Waals surface area contributed by atoms with E-state index in [1.807, 2.05) is 12.1 Å². The molecule has 1 saturated carbocycles. The van der Waals surface area contributed by atoms with Gasteiger partial charge in [0.15, 0.2) is 0 Å². The molecule has 1 unspecified atom stereocenters. The first-order chi connectivity index (χ1) is 14.3. The third-order valence-corrected chi connectivity index (χ3v) is 6.40. The lowest BCUT2D eigenvalue weighted by molar-refractivity contribution is -0.274. The summed E-state index contributed by atoms with van der Waals surface area (Å²) >= 11 is 0. The van der Waals surface area contributed by atoms with Crippen LogP contribution in [0.4, 0.5) is 13.2 Å². The summed E-state index contributed by atoms with van der Waals surface area (Å²) in [4.78, 5) is 2.48. The van der Waals surface area contributed by atoms with E-state index in [4.69, 9.17) is 5.41 Å². The average molecular weight is 420 g/mol. The molecule has 1 saturated heterocycles. The Hall–Kier alpha value is -2.12. The highest BCUT2D eigenvalue weighted by atomic mass is 19.4. The largest absolute Gasteiger partial charge is 0.573 e. The van der Waals surface area contributed by atoms with Crippen LogP contribution >= 0.6 is 0 Å². The topological polar surface area (TPSA) is 56.5 Å². The van der Waals surface area contributed by atoms with Crippen LogP contribution in [0.3, 0.4) is 0 Å².